The van der Waals surface area contributed by atoms with E-state index in [1.807, 2.05) is 14.0 Å². The molecule has 74 valence electrons. The number of hydrogen-bond donors (Lipinski definition) is 1. The second-order valence-corrected chi connectivity index (χ2v) is 3.23. The number of rotatable bonds is 3. The fourth-order valence-electron chi connectivity index (χ4n) is 1.36. The lowest BCUT2D eigenvalue weighted by molar-refractivity contribution is 0.0509. The average Bonchev–Trinajstić information content (AvgIpc) is 2.15. The first kappa shape index (κ1) is 10.1. The van der Waals surface area contributed by atoms with Gasteiger partial charge in [0.25, 0.3) is 0 Å². The highest BCUT2D eigenvalue weighted by atomic mass is 16.5. The van der Waals surface area contributed by atoms with Crippen LogP contribution in [0.5, 0.6) is 0 Å². The monoisotopic (exact) mass is 182 g/mol. The van der Waals surface area contributed by atoms with Crippen molar-refractivity contribution in [2.24, 2.45) is 0 Å². The summed E-state index contributed by atoms with van der Waals surface area (Å²) in [6.45, 7) is 9.41. The van der Waals surface area contributed by atoms with Crippen molar-refractivity contribution in [2.75, 3.05) is 33.4 Å². The van der Waals surface area contributed by atoms with Crippen molar-refractivity contribution in [1.29, 1.82) is 0 Å². The van der Waals surface area contributed by atoms with Crippen LogP contribution < -0.4 is 5.32 Å². The number of allylic oxidation sites excluding steroid dienone is 2. The Bertz CT molecular complexity index is 205. The van der Waals surface area contributed by atoms with E-state index < -0.39 is 0 Å². The lowest BCUT2D eigenvalue weighted by atomic mass is 10.3. The molecule has 0 bridgehead atoms. The van der Waals surface area contributed by atoms with Crippen molar-refractivity contribution in [3.05, 3.63) is 24.0 Å². The molecule has 1 rings (SSSR count). The summed E-state index contributed by atoms with van der Waals surface area (Å²) >= 11 is 0. The summed E-state index contributed by atoms with van der Waals surface area (Å²) in [6.07, 6.45) is 2.06. The molecule has 1 fully saturated rings. The van der Waals surface area contributed by atoms with Gasteiger partial charge >= 0.3 is 0 Å². The average molecular weight is 182 g/mol. The number of nitrogens with one attached hydrogen (secondary N) is 1. The van der Waals surface area contributed by atoms with E-state index in [1.54, 1.807) is 0 Å². The second kappa shape index (κ2) is 4.92. The maximum atomic E-state index is 5.28. The van der Waals surface area contributed by atoms with E-state index in [0.717, 1.165) is 37.7 Å². The molecule has 0 unspecified atom stereocenters. The van der Waals surface area contributed by atoms with Gasteiger partial charge in [-0.1, -0.05) is 12.2 Å². The molecular weight excluding hydrogens is 164 g/mol. The summed E-state index contributed by atoms with van der Waals surface area (Å²) in [5, 5.41) is 3.17. The highest BCUT2D eigenvalue weighted by Gasteiger charge is 2.11. The van der Waals surface area contributed by atoms with Crippen LogP contribution in [0.25, 0.3) is 0 Å². The first-order valence-corrected chi connectivity index (χ1v) is 4.61. The van der Waals surface area contributed by atoms with Crippen molar-refractivity contribution in [1.82, 2.24) is 10.2 Å². The molecule has 0 amide bonds. The molecule has 0 aromatic carbocycles. The first-order valence-electron chi connectivity index (χ1n) is 4.61. The molecule has 0 saturated carbocycles. The quantitative estimate of drug-likeness (QED) is 0.658. The van der Waals surface area contributed by atoms with Gasteiger partial charge in [-0.2, -0.15) is 0 Å². The normalized spacial score (nSPS) is 18.6. The van der Waals surface area contributed by atoms with E-state index in [-0.39, 0.29) is 0 Å². The van der Waals surface area contributed by atoms with Crippen molar-refractivity contribution in [3.8, 4) is 0 Å². The van der Waals surface area contributed by atoms with Crippen LogP contribution in [0.1, 0.15) is 6.92 Å². The maximum absolute atomic E-state index is 5.28. The predicted octanol–water partition coefficient (Wildman–Crippen LogP) is 0.955. The van der Waals surface area contributed by atoms with E-state index in [1.165, 1.54) is 0 Å². The molecule has 1 saturated heterocycles. The SMILES string of the molecule is C=C(C)/C=C(\NC)N1CCOCC1. The Kier molecular flexibility index (Phi) is 3.83. The van der Waals surface area contributed by atoms with Crippen LogP contribution in [-0.4, -0.2) is 38.3 Å². The summed E-state index contributed by atoms with van der Waals surface area (Å²) in [7, 11) is 1.93. The lowest BCUT2D eigenvalue weighted by Gasteiger charge is -2.30. The van der Waals surface area contributed by atoms with Gasteiger partial charge in [0, 0.05) is 20.1 Å². The van der Waals surface area contributed by atoms with Crippen molar-refractivity contribution in [3.63, 3.8) is 0 Å². The zero-order valence-corrected chi connectivity index (χ0v) is 8.47. The molecule has 0 atom stereocenters. The molecule has 3 heteroatoms. The van der Waals surface area contributed by atoms with Crippen LogP contribution in [0.15, 0.2) is 24.0 Å². The molecule has 1 N–H and O–H groups in total. The zero-order chi connectivity index (χ0) is 9.68. The summed E-state index contributed by atoms with van der Waals surface area (Å²) in [5.74, 6) is 1.14. The molecule has 0 aliphatic carbocycles. The Hall–Kier alpha value is -0.960. The third-order valence-electron chi connectivity index (χ3n) is 1.99. The predicted molar refractivity (Wildman–Crippen MR) is 54.3 cm³/mol. The minimum Gasteiger partial charge on any atom is -0.378 e. The number of hydrogen-bond acceptors (Lipinski definition) is 3. The molecule has 3 nitrogen and oxygen atoms in total. The van der Waals surface area contributed by atoms with Gasteiger partial charge in [-0.05, 0) is 13.0 Å². The molecule has 1 aliphatic heterocycles. The number of nitrogens with zero attached hydrogens (tertiary/aromatic N) is 1. The Morgan fingerprint density at radius 2 is 2.08 bits per heavy atom. The summed E-state index contributed by atoms with van der Waals surface area (Å²) in [4.78, 5) is 2.28. The molecule has 0 aromatic heterocycles. The van der Waals surface area contributed by atoms with Gasteiger partial charge in [0.2, 0.25) is 0 Å². The summed E-state index contributed by atoms with van der Waals surface area (Å²) < 4.78 is 5.28. The number of ether oxygens (including phenoxy) is 1. The molecule has 1 aliphatic rings. The van der Waals surface area contributed by atoms with Crippen molar-refractivity contribution < 1.29 is 4.74 Å². The zero-order valence-electron chi connectivity index (χ0n) is 8.47. The second-order valence-electron chi connectivity index (χ2n) is 3.23. The standard InChI is InChI=1S/C10H18N2O/c1-9(2)8-10(11-3)12-4-6-13-7-5-12/h8,11H,1,4-7H2,2-3H3/b10-8+. The van der Waals surface area contributed by atoms with Gasteiger partial charge in [0.1, 0.15) is 5.82 Å². The Balaban J connectivity index is 2.58. The highest BCUT2D eigenvalue weighted by Crippen LogP contribution is 2.06. The third-order valence-corrected chi connectivity index (χ3v) is 1.99. The van der Waals surface area contributed by atoms with Gasteiger partial charge in [-0.25, -0.2) is 0 Å². The molecule has 0 radical (unpaired) electrons. The van der Waals surface area contributed by atoms with Gasteiger partial charge in [0.05, 0.1) is 13.2 Å². The molecule has 1 heterocycles. The molecule has 0 aromatic rings. The minimum atomic E-state index is 0.815. The van der Waals surface area contributed by atoms with Gasteiger partial charge < -0.3 is 15.0 Å². The van der Waals surface area contributed by atoms with Crippen molar-refractivity contribution in [2.45, 2.75) is 6.92 Å². The fraction of sp³-hybridized carbons (Fsp3) is 0.600. The highest BCUT2D eigenvalue weighted by molar-refractivity contribution is 5.16. The van der Waals surface area contributed by atoms with E-state index in [4.69, 9.17) is 4.74 Å². The van der Waals surface area contributed by atoms with Crippen LogP contribution in [0, 0.1) is 0 Å². The first-order chi connectivity index (χ1) is 6.24. The fourth-order valence-corrected chi connectivity index (χ4v) is 1.36. The van der Waals surface area contributed by atoms with Crippen LogP contribution in [0.3, 0.4) is 0 Å². The Morgan fingerprint density at radius 1 is 1.46 bits per heavy atom. The smallest absolute Gasteiger partial charge is 0.101 e. The van der Waals surface area contributed by atoms with Gasteiger partial charge in [-0.15, -0.1) is 0 Å². The van der Waals surface area contributed by atoms with Crippen molar-refractivity contribution >= 4 is 0 Å². The topological polar surface area (TPSA) is 24.5 Å². The van der Waals surface area contributed by atoms with Crippen LogP contribution in [-0.2, 0) is 4.74 Å². The largest absolute Gasteiger partial charge is 0.378 e. The molecular formula is C10H18N2O. The third kappa shape index (κ3) is 3.11. The molecule has 0 spiro atoms. The number of morpholine rings is 1. The van der Waals surface area contributed by atoms with Gasteiger partial charge in [-0.3, -0.25) is 0 Å². The summed E-state index contributed by atoms with van der Waals surface area (Å²) in [6, 6.07) is 0. The lowest BCUT2D eigenvalue weighted by Crippen LogP contribution is -2.39. The summed E-state index contributed by atoms with van der Waals surface area (Å²) in [5.41, 5.74) is 1.07. The van der Waals surface area contributed by atoms with E-state index in [0.29, 0.717) is 0 Å². The Labute approximate surface area is 80.1 Å². The van der Waals surface area contributed by atoms with Crippen LogP contribution >= 0.6 is 0 Å². The van der Waals surface area contributed by atoms with Gasteiger partial charge in [0.15, 0.2) is 0 Å². The van der Waals surface area contributed by atoms with E-state index >= 15 is 0 Å². The Morgan fingerprint density at radius 3 is 2.54 bits per heavy atom. The van der Waals surface area contributed by atoms with Crippen LogP contribution in [0.2, 0.25) is 0 Å². The minimum absolute atomic E-state index is 0.815. The van der Waals surface area contributed by atoms with Crippen LogP contribution in [0.4, 0.5) is 0 Å². The van der Waals surface area contributed by atoms with E-state index in [9.17, 15) is 0 Å². The van der Waals surface area contributed by atoms with E-state index in [2.05, 4.69) is 22.9 Å². The maximum Gasteiger partial charge on any atom is 0.101 e. The molecule has 13 heavy (non-hydrogen) atoms.